The van der Waals surface area contributed by atoms with Gasteiger partial charge in [-0.15, -0.1) is 0 Å². The van der Waals surface area contributed by atoms with E-state index in [2.05, 4.69) is 28.8 Å². The summed E-state index contributed by atoms with van der Waals surface area (Å²) in [6, 6.07) is 0. The Labute approximate surface area is 112 Å². The normalized spacial score (nSPS) is 11.0. The van der Waals surface area contributed by atoms with Crippen LogP contribution in [-0.4, -0.2) is 22.6 Å². The van der Waals surface area contributed by atoms with Gasteiger partial charge in [-0.05, 0) is 25.9 Å². The number of rotatable bonds is 11. The summed E-state index contributed by atoms with van der Waals surface area (Å²) >= 11 is 0. The molecule has 0 atom stereocenters. The molecule has 1 heterocycles. The average Bonchev–Trinajstić information content (AvgIpc) is 2.77. The van der Waals surface area contributed by atoms with Crippen molar-refractivity contribution in [2.45, 2.75) is 58.3 Å². The highest BCUT2D eigenvalue weighted by Gasteiger charge is 1.98. The Morgan fingerprint density at radius 2 is 1.78 bits per heavy atom. The van der Waals surface area contributed by atoms with Gasteiger partial charge in [-0.25, -0.2) is 4.98 Å². The fourth-order valence-electron chi connectivity index (χ4n) is 2.16. The minimum Gasteiger partial charge on any atom is -0.338 e. The van der Waals surface area contributed by atoms with E-state index in [4.69, 9.17) is 0 Å². The molecule has 0 aliphatic carbocycles. The highest BCUT2D eigenvalue weighted by atomic mass is 15.0. The van der Waals surface area contributed by atoms with Crippen LogP contribution in [0.1, 0.15) is 57.7 Å². The summed E-state index contributed by atoms with van der Waals surface area (Å²) in [5.41, 5.74) is 0. The molecule has 3 heteroatoms. The summed E-state index contributed by atoms with van der Waals surface area (Å²) in [5.74, 6) is 1.19. The van der Waals surface area contributed by atoms with E-state index in [1.807, 2.05) is 12.4 Å². The standard InChI is InChI=1S/C15H29N3/c1-3-4-5-6-7-8-11-16-12-9-10-15-17-13-14-18(15)2/h13-14,16H,3-12H2,1-2H3. The lowest BCUT2D eigenvalue weighted by Crippen LogP contribution is -2.17. The number of imidazole rings is 1. The molecule has 0 saturated carbocycles. The summed E-state index contributed by atoms with van der Waals surface area (Å²) in [5, 5.41) is 3.52. The number of hydrogen-bond donors (Lipinski definition) is 1. The zero-order valence-corrected chi connectivity index (χ0v) is 12.1. The first kappa shape index (κ1) is 15.2. The number of unbranched alkanes of at least 4 members (excludes halogenated alkanes) is 5. The first-order valence-corrected chi connectivity index (χ1v) is 7.51. The molecule has 0 amide bonds. The highest BCUT2D eigenvalue weighted by molar-refractivity contribution is 4.90. The van der Waals surface area contributed by atoms with Crippen molar-refractivity contribution in [2.75, 3.05) is 13.1 Å². The lowest BCUT2D eigenvalue weighted by atomic mass is 10.1. The van der Waals surface area contributed by atoms with Crippen molar-refractivity contribution in [1.29, 1.82) is 0 Å². The molecule has 1 aromatic rings. The Balaban J connectivity index is 1.83. The Morgan fingerprint density at radius 1 is 1.06 bits per heavy atom. The fraction of sp³-hybridized carbons (Fsp3) is 0.800. The Hall–Kier alpha value is -0.830. The second-order valence-electron chi connectivity index (χ2n) is 5.08. The van der Waals surface area contributed by atoms with E-state index in [1.165, 1.54) is 57.3 Å². The summed E-state index contributed by atoms with van der Waals surface area (Å²) in [6.45, 7) is 4.55. The monoisotopic (exact) mass is 251 g/mol. The molecule has 1 rings (SSSR count). The molecule has 104 valence electrons. The quantitative estimate of drug-likeness (QED) is 0.612. The van der Waals surface area contributed by atoms with Gasteiger partial charge in [0.2, 0.25) is 0 Å². The second kappa shape index (κ2) is 10.1. The fourth-order valence-corrected chi connectivity index (χ4v) is 2.16. The zero-order valence-electron chi connectivity index (χ0n) is 12.1. The van der Waals surface area contributed by atoms with Crippen LogP contribution in [0.2, 0.25) is 0 Å². The first-order chi connectivity index (χ1) is 8.84. The van der Waals surface area contributed by atoms with Gasteiger partial charge in [-0.3, -0.25) is 0 Å². The van der Waals surface area contributed by atoms with Crippen LogP contribution in [0.4, 0.5) is 0 Å². The van der Waals surface area contributed by atoms with Crippen LogP contribution in [0.15, 0.2) is 12.4 Å². The lowest BCUT2D eigenvalue weighted by molar-refractivity contribution is 0.561. The van der Waals surface area contributed by atoms with Gasteiger partial charge in [0.25, 0.3) is 0 Å². The van der Waals surface area contributed by atoms with Crippen LogP contribution >= 0.6 is 0 Å². The maximum absolute atomic E-state index is 4.33. The molecule has 0 spiro atoms. The molecule has 0 aliphatic rings. The van der Waals surface area contributed by atoms with Crippen LogP contribution in [0.3, 0.4) is 0 Å². The summed E-state index contributed by atoms with van der Waals surface area (Å²) in [6.07, 6.45) is 14.4. The summed E-state index contributed by atoms with van der Waals surface area (Å²) in [4.78, 5) is 4.33. The Kier molecular flexibility index (Phi) is 8.57. The van der Waals surface area contributed by atoms with Gasteiger partial charge in [0.15, 0.2) is 0 Å². The minimum absolute atomic E-state index is 1.08. The van der Waals surface area contributed by atoms with Gasteiger partial charge in [-0.2, -0.15) is 0 Å². The van der Waals surface area contributed by atoms with E-state index in [0.717, 1.165) is 13.0 Å². The van der Waals surface area contributed by atoms with Gasteiger partial charge in [0, 0.05) is 25.9 Å². The first-order valence-electron chi connectivity index (χ1n) is 7.51. The van der Waals surface area contributed by atoms with E-state index < -0.39 is 0 Å². The SMILES string of the molecule is CCCCCCCCNCCCc1nccn1C. The van der Waals surface area contributed by atoms with Gasteiger partial charge in [0.05, 0.1) is 0 Å². The topological polar surface area (TPSA) is 29.9 Å². The Morgan fingerprint density at radius 3 is 2.50 bits per heavy atom. The number of aryl methyl sites for hydroxylation is 2. The van der Waals surface area contributed by atoms with E-state index in [9.17, 15) is 0 Å². The molecule has 0 saturated heterocycles. The van der Waals surface area contributed by atoms with Crippen LogP contribution in [0, 0.1) is 0 Å². The van der Waals surface area contributed by atoms with Crippen molar-refractivity contribution < 1.29 is 0 Å². The van der Waals surface area contributed by atoms with E-state index in [-0.39, 0.29) is 0 Å². The largest absolute Gasteiger partial charge is 0.338 e. The maximum atomic E-state index is 4.33. The molecular weight excluding hydrogens is 222 g/mol. The van der Waals surface area contributed by atoms with Crippen molar-refractivity contribution in [3.05, 3.63) is 18.2 Å². The van der Waals surface area contributed by atoms with Crippen molar-refractivity contribution in [3.63, 3.8) is 0 Å². The molecule has 0 bridgehead atoms. The van der Waals surface area contributed by atoms with Crippen molar-refractivity contribution in [1.82, 2.24) is 14.9 Å². The van der Waals surface area contributed by atoms with Crippen LogP contribution in [-0.2, 0) is 13.5 Å². The van der Waals surface area contributed by atoms with Crippen molar-refractivity contribution in [2.24, 2.45) is 7.05 Å². The molecule has 0 aliphatic heterocycles. The zero-order chi connectivity index (χ0) is 13.1. The number of nitrogens with one attached hydrogen (secondary N) is 1. The lowest BCUT2D eigenvalue weighted by Gasteiger charge is -2.05. The summed E-state index contributed by atoms with van der Waals surface area (Å²) < 4.78 is 2.10. The molecule has 18 heavy (non-hydrogen) atoms. The number of aromatic nitrogens is 2. The molecule has 3 nitrogen and oxygen atoms in total. The van der Waals surface area contributed by atoms with Gasteiger partial charge in [-0.1, -0.05) is 39.0 Å². The molecule has 1 N–H and O–H groups in total. The molecular formula is C15H29N3. The predicted molar refractivity (Wildman–Crippen MR) is 77.8 cm³/mol. The summed E-state index contributed by atoms with van der Waals surface area (Å²) in [7, 11) is 2.06. The van der Waals surface area contributed by atoms with Crippen molar-refractivity contribution in [3.8, 4) is 0 Å². The predicted octanol–water partition coefficient (Wildman–Crippen LogP) is 3.30. The van der Waals surface area contributed by atoms with Gasteiger partial charge < -0.3 is 9.88 Å². The number of hydrogen-bond acceptors (Lipinski definition) is 2. The molecule has 1 aromatic heterocycles. The van der Waals surface area contributed by atoms with Gasteiger partial charge >= 0.3 is 0 Å². The molecule has 0 unspecified atom stereocenters. The third-order valence-electron chi connectivity index (χ3n) is 3.38. The van der Waals surface area contributed by atoms with E-state index >= 15 is 0 Å². The van der Waals surface area contributed by atoms with E-state index in [1.54, 1.807) is 0 Å². The van der Waals surface area contributed by atoms with Gasteiger partial charge in [0.1, 0.15) is 5.82 Å². The second-order valence-corrected chi connectivity index (χ2v) is 5.08. The van der Waals surface area contributed by atoms with Crippen LogP contribution < -0.4 is 5.32 Å². The maximum Gasteiger partial charge on any atom is 0.108 e. The van der Waals surface area contributed by atoms with Crippen LogP contribution in [0.5, 0.6) is 0 Å². The third kappa shape index (κ3) is 6.80. The highest BCUT2D eigenvalue weighted by Crippen LogP contribution is 2.04. The Bertz CT molecular complexity index is 294. The smallest absolute Gasteiger partial charge is 0.108 e. The molecule has 0 aromatic carbocycles. The van der Waals surface area contributed by atoms with Crippen molar-refractivity contribution >= 4 is 0 Å². The van der Waals surface area contributed by atoms with Crippen LogP contribution in [0.25, 0.3) is 0 Å². The average molecular weight is 251 g/mol. The molecule has 0 fully saturated rings. The number of nitrogens with zero attached hydrogens (tertiary/aromatic N) is 2. The minimum atomic E-state index is 1.08. The third-order valence-corrected chi connectivity index (χ3v) is 3.38. The molecule has 0 radical (unpaired) electrons. The van der Waals surface area contributed by atoms with E-state index in [0.29, 0.717) is 0 Å².